The highest BCUT2D eigenvalue weighted by atomic mass is 16.2. The van der Waals surface area contributed by atoms with Crippen molar-refractivity contribution in [3.05, 3.63) is 72.3 Å². The van der Waals surface area contributed by atoms with Crippen molar-refractivity contribution >= 4 is 22.5 Å². The zero-order chi connectivity index (χ0) is 14.7. The molecule has 1 heterocycles. The maximum atomic E-state index is 12.0. The lowest BCUT2D eigenvalue weighted by Gasteiger charge is -2.06. The van der Waals surface area contributed by atoms with Crippen molar-refractivity contribution in [2.45, 2.75) is 0 Å². The molecule has 0 spiro atoms. The molecule has 4 heteroatoms. The number of rotatable bonds is 1. The van der Waals surface area contributed by atoms with E-state index in [0.29, 0.717) is 5.36 Å². The summed E-state index contributed by atoms with van der Waals surface area (Å²) in [6.45, 7) is 0. The number of hydrogen-bond donors (Lipinski definition) is 1. The summed E-state index contributed by atoms with van der Waals surface area (Å²) >= 11 is 0. The molecule has 21 heavy (non-hydrogen) atoms. The van der Waals surface area contributed by atoms with Gasteiger partial charge in [-0.25, -0.2) is 4.79 Å². The maximum absolute atomic E-state index is 12.0. The Balaban J connectivity index is 1.90. The van der Waals surface area contributed by atoms with Crippen LogP contribution in [0.3, 0.4) is 0 Å². The molecule has 0 saturated heterocycles. The molecule has 0 radical (unpaired) electrons. The lowest BCUT2D eigenvalue weighted by molar-refractivity contribution is 0.259. The second kappa shape index (κ2) is 5.63. The molecule has 0 saturated carbocycles. The van der Waals surface area contributed by atoms with Gasteiger partial charge in [0, 0.05) is 24.8 Å². The molecular formula is C17H15N3O. The molecule has 1 aromatic heterocycles. The highest BCUT2D eigenvalue weighted by Gasteiger charge is 2.03. The summed E-state index contributed by atoms with van der Waals surface area (Å²) in [4.78, 5) is 16.1. The van der Waals surface area contributed by atoms with Crippen LogP contribution in [0.15, 0.2) is 72.0 Å². The molecule has 2 amide bonds. The van der Waals surface area contributed by atoms with E-state index in [2.05, 4.69) is 10.3 Å². The Morgan fingerprint density at radius 2 is 1.71 bits per heavy atom. The second-order valence-electron chi connectivity index (χ2n) is 4.79. The summed E-state index contributed by atoms with van der Waals surface area (Å²) in [6.07, 6.45) is 3.70. The topological polar surface area (TPSA) is 46.4 Å². The fraction of sp³-hybridized carbons (Fsp3) is 0.0588. The number of aromatic nitrogens is 1. The Labute approximate surface area is 122 Å². The van der Waals surface area contributed by atoms with Gasteiger partial charge >= 0.3 is 6.03 Å². The van der Waals surface area contributed by atoms with E-state index in [-0.39, 0.29) is 6.03 Å². The van der Waals surface area contributed by atoms with E-state index in [1.54, 1.807) is 12.1 Å². The number of fused-ring (bicyclic) bond motifs is 1. The van der Waals surface area contributed by atoms with Gasteiger partial charge in [0.25, 0.3) is 0 Å². The van der Waals surface area contributed by atoms with Crippen molar-refractivity contribution in [1.82, 2.24) is 4.57 Å². The number of anilines is 1. The summed E-state index contributed by atoms with van der Waals surface area (Å²) in [5.41, 5.74) is 0.767. The van der Waals surface area contributed by atoms with Gasteiger partial charge in [0.15, 0.2) is 0 Å². The molecule has 0 unspecified atom stereocenters. The fourth-order valence-electron chi connectivity index (χ4n) is 2.16. The Bertz CT molecular complexity index is 839. The molecule has 0 bridgehead atoms. The standard InChI is InChI=1S/C17H15N3O/c1-20-11-9-14(10-12-20)18-17(21)19-16-8-4-6-13-5-2-3-7-15(13)16/h2-12H,1H3,(H,19,21). The van der Waals surface area contributed by atoms with Crippen LogP contribution in [0.2, 0.25) is 0 Å². The summed E-state index contributed by atoms with van der Waals surface area (Å²) in [5.74, 6) is 0. The predicted octanol–water partition coefficient (Wildman–Crippen LogP) is 3.31. The molecule has 0 fully saturated rings. The van der Waals surface area contributed by atoms with E-state index in [4.69, 9.17) is 0 Å². The number of carbonyl (C=O) groups is 1. The number of hydrogen-bond acceptors (Lipinski definition) is 1. The van der Waals surface area contributed by atoms with Crippen molar-refractivity contribution in [2.75, 3.05) is 5.32 Å². The van der Waals surface area contributed by atoms with E-state index in [1.807, 2.05) is 66.5 Å². The SMILES string of the molecule is Cn1ccc(=NC(=O)Nc2cccc3ccccc23)cc1. The minimum absolute atomic E-state index is 0.375. The number of carbonyl (C=O) groups excluding carboxylic acids is 1. The van der Waals surface area contributed by atoms with Crippen LogP contribution >= 0.6 is 0 Å². The van der Waals surface area contributed by atoms with Crippen molar-refractivity contribution < 1.29 is 4.79 Å². The van der Waals surface area contributed by atoms with Gasteiger partial charge < -0.3 is 9.88 Å². The Morgan fingerprint density at radius 1 is 1.00 bits per heavy atom. The summed E-state index contributed by atoms with van der Waals surface area (Å²) in [7, 11) is 1.92. The second-order valence-corrected chi connectivity index (χ2v) is 4.79. The smallest absolute Gasteiger partial charge is 0.345 e. The first-order chi connectivity index (χ1) is 10.2. The van der Waals surface area contributed by atoms with Crippen LogP contribution in [0, 0.1) is 0 Å². The van der Waals surface area contributed by atoms with Gasteiger partial charge in [-0.05, 0) is 23.6 Å². The van der Waals surface area contributed by atoms with Gasteiger partial charge in [-0.3, -0.25) is 0 Å². The van der Waals surface area contributed by atoms with Crippen LogP contribution in [-0.2, 0) is 7.05 Å². The first kappa shape index (κ1) is 13.1. The number of urea groups is 1. The van der Waals surface area contributed by atoms with Gasteiger partial charge in [0.05, 0.1) is 11.0 Å². The van der Waals surface area contributed by atoms with Gasteiger partial charge in [0.1, 0.15) is 0 Å². The number of aryl methyl sites for hydroxylation is 1. The van der Waals surface area contributed by atoms with Gasteiger partial charge in [-0.1, -0.05) is 36.4 Å². The van der Waals surface area contributed by atoms with Crippen molar-refractivity contribution in [3.8, 4) is 0 Å². The van der Waals surface area contributed by atoms with Crippen LogP contribution in [0.25, 0.3) is 10.8 Å². The first-order valence-electron chi connectivity index (χ1n) is 6.68. The Morgan fingerprint density at radius 3 is 2.52 bits per heavy atom. The molecule has 1 N–H and O–H groups in total. The van der Waals surface area contributed by atoms with E-state index in [1.165, 1.54) is 0 Å². The normalized spacial score (nSPS) is 10.3. The summed E-state index contributed by atoms with van der Waals surface area (Å²) in [6, 6.07) is 16.9. The predicted molar refractivity (Wildman–Crippen MR) is 83.9 cm³/mol. The number of amides is 2. The average Bonchev–Trinajstić information content (AvgIpc) is 2.50. The van der Waals surface area contributed by atoms with Crippen molar-refractivity contribution in [1.29, 1.82) is 0 Å². The molecule has 2 aromatic carbocycles. The lowest BCUT2D eigenvalue weighted by Crippen LogP contribution is -2.13. The third-order valence-electron chi connectivity index (χ3n) is 3.22. The minimum Gasteiger partial charge on any atom is -0.357 e. The van der Waals surface area contributed by atoms with Crippen LogP contribution < -0.4 is 10.7 Å². The van der Waals surface area contributed by atoms with Gasteiger partial charge in [-0.2, -0.15) is 4.99 Å². The zero-order valence-corrected chi connectivity index (χ0v) is 11.7. The van der Waals surface area contributed by atoms with E-state index < -0.39 is 0 Å². The maximum Gasteiger partial charge on any atom is 0.345 e. The first-order valence-corrected chi connectivity index (χ1v) is 6.68. The Hall–Kier alpha value is -2.88. The Kier molecular flexibility index (Phi) is 3.51. The summed E-state index contributed by atoms with van der Waals surface area (Å²) < 4.78 is 1.89. The number of benzene rings is 2. The largest absolute Gasteiger partial charge is 0.357 e. The monoisotopic (exact) mass is 277 g/mol. The van der Waals surface area contributed by atoms with E-state index in [0.717, 1.165) is 16.5 Å². The highest BCUT2D eigenvalue weighted by Crippen LogP contribution is 2.22. The van der Waals surface area contributed by atoms with Crippen LogP contribution in [0.5, 0.6) is 0 Å². The zero-order valence-electron chi connectivity index (χ0n) is 11.7. The van der Waals surface area contributed by atoms with Crippen molar-refractivity contribution in [2.24, 2.45) is 12.0 Å². The third-order valence-corrected chi connectivity index (χ3v) is 3.22. The molecule has 3 rings (SSSR count). The molecule has 0 atom stereocenters. The van der Waals surface area contributed by atoms with Crippen LogP contribution in [0.1, 0.15) is 0 Å². The van der Waals surface area contributed by atoms with E-state index >= 15 is 0 Å². The highest BCUT2D eigenvalue weighted by molar-refractivity contribution is 6.01. The number of pyridine rings is 1. The summed E-state index contributed by atoms with van der Waals surface area (Å²) in [5, 5.41) is 5.55. The lowest BCUT2D eigenvalue weighted by atomic mass is 10.1. The quantitative estimate of drug-likeness (QED) is 0.728. The van der Waals surface area contributed by atoms with Gasteiger partial charge in [0.2, 0.25) is 0 Å². The average molecular weight is 277 g/mol. The van der Waals surface area contributed by atoms with E-state index in [9.17, 15) is 4.79 Å². The van der Waals surface area contributed by atoms with Gasteiger partial charge in [-0.15, -0.1) is 0 Å². The van der Waals surface area contributed by atoms with Crippen LogP contribution in [0.4, 0.5) is 10.5 Å². The van der Waals surface area contributed by atoms with Crippen molar-refractivity contribution in [3.63, 3.8) is 0 Å². The molecule has 4 nitrogen and oxygen atoms in total. The minimum atomic E-state index is -0.375. The number of nitrogens with zero attached hydrogens (tertiary/aromatic N) is 2. The third kappa shape index (κ3) is 3.00. The molecular weight excluding hydrogens is 262 g/mol. The molecule has 104 valence electrons. The molecule has 0 aliphatic heterocycles. The molecule has 0 aliphatic rings. The molecule has 3 aromatic rings. The van der Waals surface area contributed by atoms with Crippen LogP contribution in [-0.4, -0.2) is 10.6 Å². The number of nitrogens with one attached hydrogen (secondary N) is 1. The molecule has 0 aliphatic carbocycles. The fourth-order valence-corrected chi connectivity index (χ4v) is 2.16.